The third-order valence-electron chi connectivity index (χ3n) is 18.0. The van der Waals surface area contributed by atoms with Crippen molar-refractivity contribution in [3.8, 4) is 0 Å². The van der Waals surface area contributed by atoms with Crippen LogP contribution >= 0.6 is 0 Å². The maximum atomic E-state index is 2.50. The van der Waals surface area contributed by atoms with Crippen LogP contribution in [-0.4, -0.2) is 0 Å². The molecule has 15 rings (SSSR count). The van der Waals surface area contributed by atoms with Crippen LogP contribution in [0.1, 0.15) is 66.8 Å². The molecule has 0 atom stereocenters. The minimum atomic E-state index is 1.09. The van der Waals surface area contributed by atoms with Crippen LogP contribution in [0.5, 0.6) is 0 Å². The molecular weight excluding hydrogens is 1060 g/mol. The van der Waals surface area contributed by atoms with Gasteiger partial charge >= 0.3 is 0 Å². The summed E-state index contributed by atoms with van der Waals surface area (Å²) in [6.45, 7) is 12.9. The highest BCUT2D eigenvalue weighted by atomic mass is 15.2. The summed E-state index contributed by atoms with van der Waals surface area (Å²) in [6.07, 6.45) is 4.68. The minimum absolute atomic E-state index is 1.09. The molecule has 0 radical (unpaired) electrons. The van der Waals surface area contributed by atoms with E-state index >= 15 is 0 Å². The molecule has 0 aliphatic carbocycles. The lowest BCUT2D eigenvalue weighted by Crippen LogP contribution is -2.12. The standard InChI is InChI=1S/C86H66N2/c1-55-21-37-63(38-22-55)79(64-39-23-56(2)24-40-64)53-61-33-49-69(50-34-61)87(67-45-29-59(5)30-46-67)85-73-15-9-7-13-71(73)81-76-18-12-20-78-84(76)82(75-17-11-19-77(85)83(75)81)72-14-8-10-16-74(72)86(78)88(68-47-31-60(6)32-48-68)70-51-35-62(36-52-70)54-80(65-41-25-57(3)26-42-65)66-43-27-58(4)28-44-66/h7-54H,1-6H3. The first-order chi connectivity index (χ1) is 43.1. The van der Waals surface area contributed by atoms with Crippen molar-refractivity contribution in [2.75, 3.05) is 9.80 Å². The second-order valence-electron chi connectivity index (χ2n) is 24.1. The Bertz CT molecular complexity index is 4740. The van der Waals surface area contributed by atoms with Crippen molar-refractivity contribution in [1.82, 2.24) is 0 Å². The SMILES string of the molecule is Cc1ccc(C(=Cc2ccc(N(c3ccc(C)cc3)c3c4ccccc4c4c5cccc6c(N(c7ccc(C)cc7)c7ccc(C=C(c8ccc(C)cc8)c8ccc(C)cc8)cc7)c7ccccc7c(c7cccc3c74)c65)cc2)c2ccc(C)cc2)cc1. The van der Waals surface area contributed by atoms with Gasteiger partial charge in [0.15, 0.2) is 0 Å². The monoisotopic (exact) mass is 1130 g/mol. The van der Waals surface area contributed by atoms with Crippen LogP contribution in [0.25, 0.3) is 87.9 Å². The van der Waals surface area contributed by atoms with Gasteiger partial charge in [0.25, 0.3) is 0 Å². The molecule has 0 amide bonds. The van der Waals surface area contributed by atoms with Crippen LogP contribution in [0.2, 0.25) is 0 Å². The largest absolute Gasteiger partial charge is 0.309 e. The number of hydrogen-bond donors (Lipinski definition) is 0. The summed E-state index contributed by atoms with van der Waals surface area (Å²) in [5, 5.41) is 14.8. The average molecular weight is 1130 g/mol. The fourth-order valence-electron chi connectivity index (χ4n) is 13.4. The zero-order valence-corrected chi connectivity index (χ0v) is 50.6. The Kier molecular flexibility index (Phi) is 13.6. The Labute approximate surface area is 516 Å². The first kappa shape index (κ1) is 53.9. The number of fused-ring (bicyclic) bond motifs is 6. The van der Waals surface area contributed by atoms with E-state index in [9.17, 15) is 0 Å². The van der Waals surface area contributed by atoms with Crippen LogP contribution in [-0.2, 0) is 0 Å². The molecule has 0 saturated heterocycles. The number of aryl methyl sites for hydroxylation is 6. The smallest absolute Gasteiger partial charge is 0.0619 e. The molecule has 88 heavy (non-hydrogen) atoms. The Hall–Kier alpha value is -10.8. The van der Waals surface area contributed by atoms with Crippen molar-refractivity contribution in [3.05, 3.63) is 346 Å². The zero-order valence-electron chi connectivity index (χ0n) is 50.6. The van der Waals surface area contributed by atoms with Crippen molar-refractivity contribution in [2.24, 2.45) is 0 Å². The Balaban J connectivity index is 0.941. The molecular formula is C86H66N2. The summed E-state index contributed by atoms with van der Waals surface area (Å²) in [7, 11) is 0. The van der Waals surface area contributed by atoms with E-state index in [1.54, 1.807) is 0 Å². The predicted octanol–water partition coefficient (Wildman–Crippen LogP) is 24.0. The number of rotatable bonds is 12. The molecule has 15 aromatic rings. The van der Waals surface area contributed by atoms with Gasteiger partial charge in [0.1, 0.15) is 0 Å². The van der Waals surface area contributed by atoms with E-state index in [2.05, 4.69) is 343 Å². The third-order valence-corrected chi connectivity index (χ3v) is 18.0. The van der Waals surface area contributed by atoms with Gasteiger partial charge in [-0.3, -0.25) is 0 Å². The highest BCUT2D eigenvalue weighted by Crippen LogP contribution is 2.55. The normalized spacial score (nSPS) is 11.5. The quantitative estimate of drug-likeness (QED) is 0.0683. The zero-order chi connectivity index (χ0) is 59.6. The molecule has 0 aromatic heterocycles. The van der Waals surface area contributed by atoms with Crippen molar-refractivity contribution in [2.45, 2.75) is 41.5 Å². The summed E-state index contributed by atoms with van der Waals surface area (Å²) >= 11 is 0. The molecule has 2 nitrogen and oxygen atoms in total. The van der Waals surface area contributed by atoms with Crippen molar-refractivity contribution >= 4 is 122 Å². The summed E-state index contributed by atoms with van der Waals surface area (Å²) in [6, 6.07) is 104. The number of hydrogen-bond acceptors (Lipinski definition) is 2. The average Bonchev–Trinajstić information content (AvgIpc) is 0.778. The fourth-order valence-corrected chi connectivity index (χ4v) is 13.4. The highest BCUT2D eigenvalue weighted by Gasteiger charge is 2.28. The van der Waals surface area contributed by atoms with E-state index in [1.807, 2.05) is 0 Å². The van der Waals surface area contributed by atoms with Crippen LogP contribution in [0.4, 0.5) is 34.1 Å². The molecule has 0 saturated carbocycles. The predicted molar refractivity (Wildman–Crippen MR) is 380 cm³/mol. The molecule has 15 aromatic carbocycles. The third kappa shape index (κ3) is 9.64. The first-order valence-electron chi connectivity index (χ1n) is 30.7. The Morgan fingerprint density at radius 1 is 0.216 bits per heavy atom. The van der Waals surface area contributed by atoms with E-state index in [0.717, 1.165) is 45.3 Å². The summed E-state index contributed by atoms with van der Waals surface area (Å²) in [5.41, 5.74) is 23.6. The number of benzene rings is 15. The number of nitrogens with zero attached hydrogens (tertiary/aromatic N) is 2. The van der Waals surface area contributed by atoms with Gasteiger partial charge in [-0.05, 0) is 179 Å². The second kappa shape index (κ2) is 22.2. The van der Waals surface area contributed by atoms with Gasteiger partial charge in [0, 0.05) is 55.1 Å². The molecule has 0 heterocycles. The molecule has 0 aliphatic heterocycles. The van der Waals surface area contributed by atoms with Gasteiger partial charge in [0.05, 0.1) is 11.4 Å². The topological polar surface area (TPSA) is 6.48 Å². The van der Waals surface area contributed by atoms with Gasteiger partial charge in [-0.25, -0.2) is 0 Å². The van der Waals surface area contributed by atoms with Gasteiger partial charge in [0.2, 0.25) is 0 Å². The summed E-state index contributed by atoms with van der Waals surface area (Å²) < 4.78 is 0. The Morgan fingerprint density at radius 2 is 0.443 bits per heavy atom. The van der Waals surface area contributed by atoms with Crippen LogP contribution < -0.4 is 9.80 Å². The number of anilines is 6. The van der Waals surface area contributed by atoms with E-state index in [0.29, 0.717) is 0 Å². The first-order valence-corrected chi connectivity index (χ1v) is 30.7. The highest BCUT2D eigenvalue weighted by molar-refractivity contribution is 6.45. The van der Waals surface area contributed by atoms with Gasteiger partial charge in [-0.2, -0.15) is 0 Å². The molecule has 0 spiro atoms. The summed E-state index contributed by atoms with van der Waals surface area (Å²) in [5.74, 6) is 0. The van der Waals surface area contributed by atoms with E-state index in [-0.39, 0.29) is 0 Å². The van der Waals surface area contributed by atoms with Crippen LogP contribution in [0.15, 0.2) is 279 Å². The fraction of sp³-hybridized carbons (Fsp3) is 0.0698. The lowest BCUT2D eigenvalue weighted by molar-refractivity contribution is 1.30. The molecule has 0 fully saturated rings. The van der Waals surface area contributed by atoms with Crippen LogP contribution in [0.3, 0.4) is 0 Å². The van der Waals surface area contributed by atoms with Crippen LogP contribution in [0, 0.1) is 41.5 Å². The molecule has 0 unspecified atom stereocenters. The van der Waals surface area contributed by atoms with E-state index in [4.69, 9.17) is 0 Å². The van der Waals surface area contributed by atoms with Gasteiger partial charge < -0.3 is 9.80 Å². The Morgan fingerprint density at radius 3 is 0.739 bits per heavy atom. The van der Waals surface area contributed by atoms with E-state index in [1.165, 1.54) is 131 Å². The molecule has 2 heteroatoms. The summed E-state index contributed by atoms with van der Waals surface area (Å²) in [4.78, 5) is 5.01. The lowest BCUT2D eigenvalue weighted by Gasteiger charge is -2.31. The maximum absolute atomic E-state index is 2.50. The van der Waals surface area contributed by atoms with Gasteiger partial charge in [-0.15, -0.1) is 0 Å². The molecule has 0 aliphatic rings. The second-order valence-corrected chi connectivity index (χ2v) is 24.1. The van der Waals surface area contributed by atoms with Crippen molar-refractivity contribution < 1.29 is 0 Å². The lowest BCUT2D eigenvalue weighted by atomic mass is 9.83. The van der Waals surface area contributed by atoms with E-state index < -0.39 is 0 Å². The van der Waals surface area contributed by atoms with Gasteiger partial charge in [-0.1, -0.05) is 264 Å². The minimum Gasteiger partial charge on any atom is -0.309 e. The molecule has 420 valence electrons. The molecule has 0 N–H and O–H groups in total. The molecule has 0 bridgehead atoms. The maximum Gasteiger partial charge on any atom is 0.0619 e. The van der Waals surface area contributed by atoms with Crippen molar-refractivity contribution in [1.29, 1.82) is 0 Å². The van der Waals surface area contributed by atoms with Crippen molar-refractivity contribution in [3.63, 3.8) is 0 Å².